The van der Waals surface area contributed by atoms with Crippen molar-refractivity contribution in [2.45, 2.75) is 26.8 Å². The van der Waals surface area contributed by atoms with Crippen molar-refractivity contribution in [1.82, 2.24) is 4.90 Å². The number of rotatable bonds is 7. The van der Waals surface area contributed by atoms with E-state index in [0.717, 1.165) is 5.75 Å². The molecule has 2 aromatic rings. The first kappa shape index (κ1) is 19.0. The average Bonchev–Trinajstić information content (AvgIpc) is 3.07. The van der Waals surface area contributed by atoms with Crippen LogP contribution in [0, 0.1) is 13.8 Å². The molecule has 0 aromatic heterocycles. The van der Waals surface area contributed by atoms with Crippen LogP contribution in [0.2, 0.25) is 0 Å². The summed E-state index contributed by atoms with van der Waals surface area (Å²) in [5, 5.41) is 2.92. The van der Waals surface area contributed by atoms with E-state index < -0.39 is 0 Å². The zero-order chi connectivity index (χ0) is 19.4. The fourth-order valence-electron chi connectivity index (χ4n) is 2.94. The summed E-state index contributed by atoms with van der Waals surface area (Å²) >= 11 is 0. The molecule has 3 rings (SSSR count). The number of amides is 1. The van der Waals surface area contributed by atoms with Crippen LogP contribution in [0.4, 0.5) is 5.69 Å². The number of carbonyl (C=O) groups is 1. The second-order valence-corrected chi connectivity index (χ2v) is 6.89. The Bertz CT molecular complexity index is 802. The Morgan fingerprint density at radius 2 is 1.85 bits per heavy atom. The van der Waals surface area contributed by atoms with Crippen molar-refractivity contribution in [1.29, 1.82) is 0 Å². The number of likely N-dealkylation sites (N-methyl/N-ethyl adjacent to an activating group) is 1. The van der Waals surface area contributed by atoms with Gasteiger partial charge in [-0.25, -0.2) is 0 Å². The van der Waals surface area contributed by atoms with E-state index >= 15 is 0 Å². The Morgan fingerprint density at radius 3 is 2.59 bits per heavy atom. The second kappa shape index (κ2) is 8.31. The van der Waals surface area contributed by atoms with Crippen molar-refractivity contribution >= 4 is 11.6 Å². The highest BCUT2D eigenvalue weighted by Gasteiger charge is 2.20. The maximum Gasteiger partial charge on any atom is 0.241 e. The number of fused-ring (bicyclic) bond motifs is 1. The van der Waals surface area contributed by atoms with Gasteiger partial charge in [0.2, 0.25) is 12.7 Å². The molecule has 1 atom stereocenters. The van der Waals surface area contributed by atoms with Gasteiger partial charge in [0, 0.05) is 18.3 Å². The molecule has 1 aliphatic rings. The quantitative estimate of drug-likeness (QED) is 0.810. The minimum absolute atomic E-state index is 0.0808. The van der Waals surface area contributed by atoms with Gasteiger partial charge in [-0.05, 0) is 63.2 Å². The molecule has 0 spiro atoms. The molecule has 1 N–H and O–H groups in total. The van der Waals surface area contributed by atoms with Crippen LogP contribution in [-0.2, 0) is 4.79 Å². The fourth-order valence-corrected chi connectivity index (χ4v) is 2.94. The van der Waals surface area contributed by atoms with Crippen LogP contribution in [0.25, 0.3) is 0 Å². The van der Waals surface area contributed by atoms with Crippen LogP contribution in [0.3, 0.4) is 0 Å². The summed E-state index contributed by atoms with van der Waals surface area (Å²) in [6.07, 6.45) is 0. The zero-order valence-corrected chi connectivity index (χ0v) is 16.2. The standard InChI is InChI=1S/C21H26N2O4/c1-14-9-15(2)11-18(10-14)25-8-7-23(4)16(3)21(24)22-17-5-6-19-20(12-17)27-13-26-19/h5-6,9-12,16H,7-8,13H2,1-4H3,(H,22,24). The van der Waals surface area contributed by atoms with Crippen molar-refractivity contribution in [3.63, 3.8) is 0 Å². The summed E-state index contributed by atoms with van der Waals surface area (Å²) < 4.78 is 16.5. The van der Waals surface area contributed by atoms with Crippen molar-refractivity contribution in [3.8, 4) is 17.2 Å². The van der Waals surface area contributed by atoms with Gasteiger partial charge in [0.25, 0.3) is 0 Å². The summed E-state index contributed by atoms with van der Waals surface area (Å²) in [6, 6.07) is 11.2. The molecule has 2 aromatic carbocycles. The lowest BCUT2D eigenvalue weighted by atomic mass is 10.1. The Kier molecular flexibility index (Phi) is 5.86. The number of carbonyl (C=O) groups excluding carboxylic acids is 1. The fraction of sp³-hybridized carbons (Fsp3) is 0.381. The molecule has 0 saturated carbocycles. The molecule has 27 heavy (non-hydrogen) atoms. The van der Waals surface area contributed by atoms with E-state index in [-0.39, 0.29) is 18.7 Å². The molecule has 0 fully saturated rings. The third kappa shape index (κ3) is 4.92. The second-order valence-electron chi connectivity index (χ2n) is 6.89. The summed E-state index contributed by atoms with van der Waals surface area (Å²) in [4.78, 5) is 14.5. The Balaban J connectivity index is 1.49. The Morgan fingerprint density at radius 1 is 1.15 bits per heavy atom. The Hall–Kier alpha value is -2.73. The highest BCUT2D eigenvalue weighted by Crippen LogP contribution is 2.34. The lowest BCUT2D eigenvalue weighted by Crippen LogP contribution is -2.41. The van der Waals surface area contributed by atoms with E-state index in [1.54, 1.807) is 18.2 Å². The van der Waals surface area contributed by atoms with Gasteiger partial charge in [0.15, 0.2) is 11.5 Å². The molecule has 1 unspecified atom stereocenters. The number of hydrogen-bond donors (Lipinski definition) is 1. The van der Waals surface area contributed by atoms with E-state index in [2.05, 4.69) is 25.2 Å². The van der Waals surface area contributed by atoms with Gasteiger partial charge < -0.3 is 19.5 Å². The molecule has 0 bridgehead atoms. The molecule has 0 saturated heterocycles. The maximum absolute atomic E-state index is 12.5. The third-order valence-electron chi connectivity index (χ3n) is 4.59. The number of nitrogens with zero attached hydrogens (tertiary/aromatic N) is 1. The van der Waals surface area contributed by atoms with Gasteiger partial charge in [0.1, 0.15) is 12.4 Å². The van der Waals surface area contributed by atoms with Gasteiger partial charge in [-0.15, -0.1) is 0 Å². The van der Waals surface area contributed by atoms with E-state index in [1.807, 2.05) is 31.0 Å². The monoisotopic (exact) mass is 370 g/mol. The number of anilines is 1. The van der Waals surface area contributed by atoms with E-state index in [1.165, 1.54) is 11.1 Å². The van der Waals surface area contributed by atoms with Gasteiger partial charge in [0.05, 0.1) is 6.04 Å². The van der Waals surface area contributed by atoms with Crippen LogP contribution < -0.4 is 19.5 Å². The summed E-state index contributed by atoms with van der Waals surface area (Å²) in [5.41, 5.74) is 3.04. The first-order valence-electron chi connectivity index (χ1n) is 9.04. The molecule has 6 heteroatoms. The van der Waals surface area contributed by atoms with Gasteiger partial charge in [-0.1, -0.05) is 6.07 Å². The summed E-state index contributed by atoms with van der Waals surface area (Å²) in [6.45, 7) is 7.35. The number of aryl methyl sites for hydroxylation is 2. The van der Waals surface area contributed by atoms with E-state index in [4.69, 9.17) is 14.2 Å². The van der Waals surface area contributed by atoms with Crippen LogP contribution in [0.15, 0.2) is 36.4 Å². The van der Waals surface area contributed by atoms with Gasteiger partial charge in [-0.2, -0.15) is 0 Å². The predicted molar refractivity (Wildman–Crippen MR) is 105 cm³/mol. The number of ether oxygens (including phenoxy) is 3. The molecule has 0 aliphatic carbocycles. The minimum atomic E-state index is -0.293. The number of hydrogen-bond acceptors (Lipinski definition) is 5. The largest absolute Gasteiger partial charge is 0.492 e. The number of nitrogens with one attached hydrogen (secondary N) is 1. The minimum Gasteiger partial charge on any atom is -0.492 e. The summed E-state index contributed by atoms with van der Waals surface area (Å²) in [7, 11) is 1.91. The lowest BCUT2D eigenvalue weighted by molar-refractivity contribution is -0.120. The lowest BCUT2D eigenvalue weighted by Gasteiger charge is -2.24. The molecule has 1 heterocycles. The normalized spacial score (nSPS) is 13.5. The van der Waals surface area contributed by atoms with Crippen LogP contribution in [-0.4, -0.2) is 43.8 Å². The van der Waals surface area contributed by atoms with Crippen LogP contribution in [0.5, 0.6) is 17.2 Å². The molecule has 0 radical (unpaired) electrons. The molecular weight excluding hydrogens is 344 g/mol. The van der Waals surface area contributed by atoms with Crippen molar-refractivity contribution in [2.75, 3.05) is 32.3 Å². The van der Waals surface area contributed by atoms with Crippen LogP contribution in [0.1, 0.15) is 18.1 Å². The third-order valence-corrected chi connectivity index (χ3v) is 4.59. The highest BCUT2D eigenvalue weighted by atomic mass is 16.7. The number of benzene rings is 2. The first-order valence-corrected chi connectivity index (χ1v) is 9.04. The van der Waals surface area contributed by atoms with Crippen molar-refractivity contribution in [3.05, 3.63) is 47.5 Å². The van der Waals surface area contributed by atoms with Crippen molar-refractivity contribution in [2.24, 2.45) is 0 Å². The topological polar surface area (TPSA) is 60.0 Å². The van der Waals surface area contributed by atoms with Crippen LogP contribution >= 0.6 is 0 Å². The highest BCUT2D eigenvalue weighted by molar-refractivity contribution is 5.94. The molecular formula is C21H26N2O4. The molecule has 1 amide bonds. The first-order chi connectivity index (χ1) is 12.9. The van der Waals surface area contributed by atoms with Crippen molar-refractivity contribution < 1.29 is 19.0 Å². The molecule has 144 valence electrons. The molecule has 1 aliphatic heterocycles. The summed E-state index contributed by atoms with van der Waals surface area (Å²) in [5.74, 6) is 2.12. The van der Waals surface area contributed by atoms with Gasteiger partial charge in [-0.3, -0.25) is 9.69 Å². The predicted octanol–water partition coefficient (Wildman–Crippen LogP) is 3.37. The molecule has 6 nitrogen and oxygen atoms in total. The Labute approximate surface area is 160 Å². The zero-order valence-electron chi connectivity index (χ0n) is 16.2. The van der Waals surface area contributed by atoms with Gasteiger partial charge >= 0.3 is 0 Å². The van der Waals surface area contributed by atoms with E-state index in [9.17, 15) is 4.79 Å². The smallest absolute Gasteiger partial charge is 0.241 e. The SMILES string of the molecule is Cc1cc(C)cc(OCCN(C)C(C)C(=O)Nc2ccc3c(c2)OCO3)c1. The average molecular weight is 370 g/mol. The maximum atomic E-state index is 12.5. The van der Waals surface area contributed by atoms with E-state index in [0.29, 0.717) is 30.3 Å².